The Hall–Kier alpha value is -2.33. The van der Waals surface area contributed by atoms with Gasteiger partial charge in [0, 0.05) is 48.9 Å². The molecule has 3 aliphatic rings. The highest BCUT2D eigenvalue weighted by molar-refractivity contribution is 7.11. The first-order valence-corrected chi connectivity index (χ1v) is 13.7. The summed E-state index contributed by atoms with van der Waals surface area (Å²) >= 11 is 3.45. The van der Waals surface area contributed by atoms with Gasteiger partial charge in [-0.25, -0.2) is 5.01 Å². The van der Waals surface area contributed by atoms with E-state index in [1.54, 1.807) is 34.7 Å². The molecule has 1 aliphatic carbocycles. The lowest BCUT2D eigenvalue weighted by atomic mass is 9.79. The summed E-state index contributed by atoms with van der Waals surface area (Å²) in [6.07, 6.45) is 5.46. The van der Waals surface area contributed by atoms with E-state index >= 15 is 0 Å². The molecule has 1 N–H and O–H groups in total. The number of piperazine rings is 1. The van der Waals surface area contributed by atoms with Crippen molar-refractivity contribution in [1.82, 2.24) is 20.1 Å². The fraction of sp³-hybridized carbons (Fsp3) is 0.480. The van der Waals surface area contributed by atoms with Crippen molar-refractivity contribution in [3.8, 4) is 0 Å². The van der Waals surface area contributed by atoms with Gasteiger partial charge in [0.25, 0.3) is 5.91 Å². The van der Waals surface area contributed by atoms with Crippen LogP contribution in [0.3, 0.4) is 0 Å². The molecule has 2 aromatic heterocycles. The van der Waals surface area contributed by atoms with Crippen molar-refractivity contribution in [2.45, 2.75) is 25.3 Å². The number of nitrogens with one attached hydrogen (secondary N) is 1. The molecule has 2 aromatic rings. The van der Waals surface area contributed by atoms with E-state index in [2.05, 4.69) is 56.2 Å². The topological polar surface area (TPSA) is 68.2 Å². The fourth-order valence-corrected chi connectivity index (χ4v) is 6.70. The maximum atomic E-state index is 13.6. The molecular weight excluding hydrogens is 466 g/mol. The third-order valence-corrected chi connectivity index (χ3v) is 8.68. The van der Waals surface area contributed by atoms with Crippen LogP contribution in [-0.4, -0.2) is 78.7 Å². The summed E-state index contributed by atoms with van der Waals surface area (Å²) in [4.78, 5) is 32.0. The summed E-state index contributed by atoms with van der Waals surface area (Å²) in [5.74, 6) is 0.354. The molecule has 5 rings (SSSR count). The van der Waals surface area contributed by atoms with Crippen LogP contribution >= 0.6 is 22.7 Å². The third kappa shape index (κ3) is 5.02. The van der Waals surface area contributed by atoms with Crippen LogP contribution in [0.1, 0.15) is 35.1 Å². The van der Waals surface area contributed by atoms with Gasteiger partial charge in [-0.1, -0.05) is 12.1 Å². The highest BCUT2D eigenvalue weighted by Gasteiger charge is 2.44. The van der Waals surface area contributed by atoms with Gasteiger partial charge in [0.2, 0.25) is 5.91 Å². The van der Waals surface area contributed by atoms with Gasteiger partial charge in [-0.2, -0.15) is 5.10 Å². The predicted molar refractivity (Wildman–Crippen MR) is 138 cm³/mol. The Morgan fingerprint density at radius 1 is 1.09 bits per heavy atom. The van der Waals surface area contributed by atoms with E-state index < -0.39 is 0 Å². The van der Waals surface area contributed by atoms with Crippen LogP contribution in [0.4, 0.5) is 0 Å². The predicted octanol–water partition coefficient (Wildman–Crippen LogP) is 3.30. The van der Waals surface area contributed by atoms with Crippen molar-refractivity contribution < 1.29 is 9.59 Å². The van der Waals surface area contributed by atoms with Crippen molar-refractivity contribution >= 4 is 46.3 Å². The molecule has 2 unspecified atom stereocenters. The second kappa shape index (κ2) is 10.5. The molecule has 1 saturated carbocycles. The third-order valence-electron chi connectivity index (χ3n) is 6.92. The number of thiophene rings is 2. The molecule has 7 nitrogen and oxygen atoms in total. The molecule has 2 aliphatic heterocycles. The SMILES string of the molecule is CNC(=O)CN1CCN(CC(=O)N2N=C3/C(=C/c4cccs4)CCCC3C2c2cccs2)CC1. The molecule has 4 heterocycles. The van der Waals surface area contributed by atoms with Crippen LogP contribution in [0.5, 0.6) is 0 Å². The Kier molecular flexibility index (Phi) is 7.24. The van der Waals surface area contributed by atoms with Crippen LogP contribution in [0.2, 0.25) is 0 Å². The molecule has 9 heteroatoms. The van der Waals surface area contributed by atoms with Crippen molar-refractivity contribution in [1.29, 1.82) is 0 Å². The van der Waals surface area contributed by atoms with Gasteiger partial charge in [-0.15, -0.1) is 22.7 Å². The molecule has 0 radical (unpaired) electrons. The Labute approximate surface area is 208 Å². The van der Waals surface area contributed by atoms with E-state index in [9.17, 15) is 9.59 Å². The summed E-state index contributed by atoms with van der Waals surface area (Å²) in [6, 6.07) is 8.41. The highest BCUT2D eigenvalue weighted by atomic mass is 32.1. The molecular formula is C25H31N5O2S2. The van der Waals surface area contributed by atoms with Crippen molar-refractivity contribution in [2.75, 3.05) is 46.3 Å². The monoisotopic (exact) mass is 497 g/mol. The normalized spacial score (nSPS) is 24.8. The lowest BCUT2D eigenvalue weighted by Gasteiger charge is -2.35. The lowest BCUT2D eigenvalue weighted by molar-refractivity contribution is -0.135. The first-order chi connectivity index (χ1) is 16.6. The minimum Gasteiger partial charge on any atom is -0.358 e. The Balaban J connectivity index is 1.32. The molecule has 2 fully saturated rings. The minimum absolute atomic E-state index is 0.0101. The van der Waals surface area contributed by atoms with E-state index in [0.29, 0.717) is 13.1 Å². The van der Waals surface area contributed by atoms with E-state index in [1.807, 2.05) is 0 Å². The molecule has 34 heavy (non-hydrogen) atoms. The van der Waals surface area contributed by atoms with Crippen molar-refractivity contribution in [3.63, 3.8) is 0 Å². The zero-order valence-corrected chi connectivity index (χ0v) is 21.1. The van der Waals surface area contributed by atoms with Gasteiger partial charge in [-0.05, 0) is 53.8 Å². The summed E-state index contributed by atoms with van der Waals surface area (Å²) < 4.78 is 0. The number of hydrazone groups is 1. The van der Waals surface area contributed by atoms with Crippen LogP contribution in [0, 0.1) is 5.92 Å². The quantitative estimate of drug-likeness (QED) is 0.665. The van der Waals surface area contributed by atoms with E-state index in [1.165, 1.54) is 15.3 Å². The van der Waals surface area contributed by atoms with Crippen molar-refractivity contribution in [2.24, 2.45) is 11.0 Å². The largest absolute Gasteiger partial charge is 0.358 e. The van der Waals surface area contributed by atoms with Crippen LogP contribution in [-0.2, 0) is 9.59 Å². The number of hydrogen-bond acceptors (Lipinski definition) is 7. The summed E-state index contributed by atoms with van der Waals surface area (Å²) in [7, 11) is 1.66. The molecule has 0 bridgehead atoms. The number of hydrogen-bond donors (Lipinski definition) is 1. The summed E-state index contributed by atoms with van der Waals surface area (Å²) in [5.41, 5.74) is 2.38. The number of carbonyl (C=O) groups excluding carboxylic acids is 2. The zero-order valence-electron chi connectivity index (χ0n) is 19.5. The molecule has 2 atom stereocenters. The Morgan fingerprint density at radius 3 is 2.50 bits per heavy atom. The van der Waals surface area contributed by atoms with E-state index in [-0.39, 0.29) is 23.8 Å². The minimum atomic E-state index is -0.0101. The number of nitrogens with zero attached hydrogens (tertiary/aromatic N) is 4. The average molecular weight is 498 g/mol. The number of carbonyl (C=O) groups is 2. The second-order valence-electron chi connectivity index (χ2n) is 9.09. The standard InChI is InChI=1S/C25H31N5O2S2/c1-26-22(31)16-28-9-11-29(12-10-28)17-23(32)30-25(21-8-4-14-34-21)20-7-2-5-18(24(20)27-30)15-19-6-3-13-33-19/h3-4,6,8,13-15,20,25H,2,5,7,9-12,16-17H2,1H3,(H,26,31)/b18-15+. The number of rotatable bonds is 6. The van der Waals surface area contributed by atoms with E-state index in [0.717, 1.165) is 51.2 Å². The maximum absolute atomic E-state index is 13.6. The van der Waals surface area contributed by atoms with E-state index in [4.69, 9.17) is 5.10 Å². The lowest BCUT2D eigenvalue weighted by Crippen LogP contribution is -2.51. The zero-order chi connectivity index (χ0) is 23.5. The summed E-state index contributed by atoms with van der Waals surface area (Å²) in [6.45, 7) is 3.93. The second-order valence-corrected chi connectivity index (χ2v) is 11.1. The molecule has 180 valence electrons. The average Bonchev–Trinajstić information content (AvgIpc) is 3.61. The molecule has 1 saturated heterocycles. The maximum Gasteiger partial charge on any atom is 0.257 e. The van der Waals surface area contributed by atoms with Crippen LogP contribution in [0.25, 0.3) is 6.08 Å². The smallest absolute Gasteiger partial charge is 0.257 e. The summed E-state index contributed by atoms with van der Waals surface area (Å²) in [5, 5.41) is 13.7. The van der Waals surface area contributed by atoms with Crippen LogP contribution in [0.15, 0.2) is 45.7 Å². The Morgan fingerprint density at radius 2 is 1.82 bits per heavy atom. The number of fused-ring (bicyclic) bond motifs is 1. The van der Waals surface area contributed by atoms with Gasteiger partial charge >= 0.3 is 0 Å². The van der Waals surface area contributed by atoms with Crippen molar-refractivity contribution in [3.05, 3.63) is 50.4 Å². The Bertz CT molecular complexity index is 1060. The number of allylic oxidation sites excluding steroid dienone is 1. The fourth-order valence-electron chi connectivity index (χ4n) is 5.14. The molecule has 2 amide bonds. The van der Waals surface area contributed by atoms with Gasteiger partial charge in [0.1, 0.15) is 0 Å². The van der Waals surface area contributed by atoms with Crippen LogP contribution < -0.4 is 5.32 Å². The number of amides is 2. The van der Waals surface area contributed by atoms with Gasteiger partial charge in [0.15, 0.2) is 0 Å². The first-order valence-electron chi connectivity index (χ1n) is 12.0. The molecule has 0 spiro atoms. The highest BCUT2D eigenvalue weighted by Crippen LogP contribution is 2.45. The molecule has 0 aromatic carbocycles. The van der Waals surface area contributed by atoms with Gasteiger partial charge in [0.05, 0.1) is 24.8 Å². The van der Waals surface area contributed by atoms with Gasteiger partial charge in [-0.3, -0.25) is 19.4 Å². The van der Waals surface area contributed by atoms with Gasteiger partial charge < -0.3 is 5.32 Å². The first kappa shape index (κ1) is 23.4. The number of likely N-dealkylation sites (N-methyl/N-ethyl adjacent to an activating group) is 1.